The minimum Gasteiger partial charge on any atom is -0.508 e. The zero-order valence-corrected chi connectivity index (χ0v) is 24.3. The number of carbonyl (C=O) groups excluding carboxylic acids is 3. The monoisotopic (exact) mass is 545 g/mol. The topological polar surface area (TPSA) is 108 Å². The number of phenols is 1. The number of ether oxygens (including phenoxy) is 1. The van der Waals surface area contributed by atoms with Gasteiger partial charge in [-0.3, -0.25) is 9.59 Å². The summed E-state index contributed by atoms with van der Waals surface area (Å²) in [5, 5.41) is 16.1. The Balaban J connectivity index is 2.57. The van der Waals surface area contributed by atoms with Gasteiger partial charge in [0.1, 0.15) is 23.4 Å². The fraction of sp³-hybridized carbons (Fsp3) is 0.483. The molecule has 0 bridgehead atoms. The number of aryl methyl sites for hydroxylation is 2. The summed E-state index contributed by atoms with van der Waals surface area (Å²) in [4.78, 5) is 42.0. The van der Waals surface area contributed by atoms with E-state index in [0.717, 1.165) is 5.56 Å². The van der Waals surface area contributed by atoms with Crippen LogP contribution in [0.1, 0.15) is 70.7 Å². The van der Waals surface area contributed by atoms with Gasteiger partial charge in [-0.1, -0.05) is 50.6 Å². The van der Waals surface area contributed by atoms with Crippen LogP contribution in [0, 0.1) is 19.8 Å². The third kappa shape index (κ3) is 8.12. The molecule has 2 aromatic rings. The van der Waals surface area contributed by atoms with Gasteiger partial charge in [0.25, 0.3) is 5.91 Å². The number of halogens is 1. The molecule has 0 spiro atoms. The smallest absolute Gasteiger partial charge is 0.408 e. The molecule has 8 nitrogen and oxygen atoms in total. The van der Waals surface area contributed by atoms with Crippen molar-refractivity contribution >= 4 is 35.2 Å². The molecule has 0 heterocycles. The number of carbonyl (C=O) groups is 3. The van der Waals surface area contributed by atoms with E-state index in [1.54, 1.807) is 52.0 Å². The average Bonchev–Trinajstić information content (AvgIpc) is 2.80. The number of phenolic OH excluding ortho intramolecular Hbond substituents is 1. The number of amides is 3. The fourth-order valence-electron chi connectivity index (χ4n) is 4.04. The molecule has 3 N–H and O–H groups in total. The van der Waals surface area contributed by atoms with Crippen molar-refractivity contribution in [1.29, 1.82) is 0 Å². The summed E-state index contributed by atoms with van der Waals surface area (Å²) in [5.41, 5.74) is 1.56. The normalized spacial score (nSPS) is 13.0. The molecule has 0 aromatic heterocycles. The van der Waals surface area contributed by atoms with Crippen molar-refractivity contribution in [3.8, 4) is 5.75 Å². The van der Waals surface area contributed by atoms with Gasteiger partial charge in [-0.05, 0) is 81.8 Å². The lowest BCUT2D eigenvalue weighted by Crippen LogP contribution is -2.54. The second kappa shape index (κ2) is 13.0. The van der Waals surface area contributed by atoms with Crippen molar-refractivity contribution in [2.75, 3.05) is 11.9 Å². The van der Waals surface area contributed by atoms with E-state index in [-0.39, 0.29) is 18.2 Å². The van der Waals surface area contributed by atoms with Crippen molar-refractivity contribution in [2.24, 2.45) is 5.92 Å². The van der Waals surface area contributed by atoms with Gasteiger partial charge in [0.05, 0.1) is 10.7 Å². The highest BCUT2D eigenvalue weighted by atomic mass is 35.5. The van der Waals surface area contributed by atoms with Crippen LogP contribution in [0.15, 0.2) is 36.4 Å². The first-order valence-electron chi connectivity index (χ1n) is 12.8. The zero-order valence-electron chi connectivity index (χ0n) is 23.5. The first-order chi connectivity index (χ1) is 17.7. The predicted molar refractivity (Wildman–Crippen MR) is 150 cm³/mol. The van der Waals surface area contributed by atoms with Gasteiger partial charge < -0.3 is 25.4 Å². The minimum atomic E-state index is -1.06. The van der Waals surface area contributed by atoms with E-state index < -0.39 is 35.6 Å². The van der Waals surface area contributed by atoms with E-state index in [1.807, 2.05) is 33.8 Å². The number of hydrogen-bond donors (Lipinski definition) is 3. The molecule has 0 aliphatic heterocycles. The number of para-hydroxylation sites is 1. The van der Waals surface area contributed by atoms with Gasteiger partial charge in [0, 0.05) is 6.54 Å². The number of nitrogens with one attached hydrogen (secondary N) is 2. The van der Waals surface area contributed by atoms with Crippen molar-refractivity contribution in [3.63, 3.8) is 0 Å². The molecule has 0 saturated heterocycles. The Morgan fingerprint density at radius 3 is 2.26 bits per heavy atom. The number of nitrogens with zero attached hydrogens (tertiary/aromatic N) is 1. The van der Waals surface area contributed by atoms with E-state index in [2.05, 4.69) is 10.6 Å². The lowest BCUT2D eigenvalue weighted by Gasteiger charge is -2.35. The SMILES string of the molecule is CCCN(C(=O)C(NC(=O)OC(C)(C)C)C(C)C)C(C(=O)Nc1c(C)cccc1Cl)c1ccc(O)c(C)c1. The van der Waals surface area contributed by atoms with Crippen LogP contribution in [-0.2, 0) is 14.3 Å². The number of aromatic hydroxyl groups is 1. The zero-order chi connectivity index (χ0) is 28.8. The van der Waals surface area contributed by atoms with Crippen LogP contribution in [0.3, 0.4) is 0 Å². The van der Waals surface area contributed by atoms with Crippen LogP contribution in [-0.4, -0.2) is 46.1 Å². The number of benzene rings is 2. The van der Waals surface area contributed by atoms with Crippen molar-refractivity contribution < 1.29 is 24.2 Å². The molecule has 2 unspecified atom stereocenters. The van der Waals surface area contributed by atoms with E-state index in [9.17, 15) is 19.5 Å². The summed E-state index contributed by atoms with van der Waals surface area (Å²) < 4.78 is 5.39. The van der Waals surface area contributed by atoms with Crippen LogP contribution in [0.2, 0.25) is 5.02 Å². The van der Waals surface area contributed by atoms with Crippen LogP contribution in [0.25, 0.3) is 0 Å². The molecule has 2 rings (SSSR count). The van der Waals surface area contributed by atoms with Gasteiger partial charge >= 0.3 is 6.09 Å². The highest BCUT2D eigenvalue weighted by molar-refractivity contribution is 6.34. The molecule has 2 aromatic carbocycles. The Bertz CT molecular complexity index is 1140. The van der Waals surface area contributed by atoms with Crippen molar-refractivity contribution in [1.82, 2.24) is 10.2 Å². The standard InChI is InChI=1S/C29H40ClN3O5/c1-9-15-33(27(36)23(17(2)3)32-28(37)38-29(6,7)8)25(20-13-14-22(34)19(5)16-20)26(35)31-24-18(4)11-10-12-21(24)30/h10-14,16-17,23,25,34H,9,15H2,1-8H3,(H,31,35)(H,32,37). The highest BCUT2D eigenvalue weighted by Gasteiger charge is 2.37. The second-order valence-electron chi connectivity index (χ2n) is 10.8. The minimum absolute atomic E-state index is 0.0786. The van der Waals surface area contributed by atoms with E-state index in [4.69, 9.17) is 16.3 Å². The molecule has 0 fully saturated rings. The predicted octanol–water partition coefficient (Wildman–Crippen LogP) is 6.13. The molecule has 9 heteroatoms. The Kier molecular flexibility index (Phi) is 10.6. The molecule has 0 radical (unpaired) electrons. The molecule has 0 saturated carbocycles. The molecular formula is C29H40ClN3O5. The molecule has 38 heavy (non-hydrogen) atoms. The van der Waals surface area contributed by atoms with Crippen molar-refractivity contribution in [2.45, 2.75) is 79.5 Å². The van der Waals surface area contributed by atoms with E-state index in [0.29, 0.717) is 28.3 Å². The Morgan fingerprint density at radius 2 is 1.74 bits per heavy atom. The summed E-state index contributed by atoms with van der Waals surface area (Å²) in [6.45, 7) is 14.6. The Morgan fingerprint density at radius 1 is 1.08 bits per heavy atom. The summed E-state index contributed by atoms with van der Waals surface area (Å²) in [6.07, 6.45) is -0.149. The number of rotatable bonds is 9. The van der Waals surface area contributed by atoms with Gasteiger partial charge in [-0.15, -0.1) is 0 Å². The molecule has 208 valence electrons. The van der Waals surface area contributed by atoms with Crippen LogP contribution in [0.4, 0.5) is 10.5 Å². The maximum atomic E-state index is 14.0. The summed E-state index contributed by atoms with van der Waals surface area (Å²) >= 11 is 6.39. The third-order valence-corrected chi connectivity index (χ3v) is 6.23. The molecule has 0 aliphatic carbocycles. The summed E-state index contributed by atoms with van der Waals surface area (Å²) in [6, 6.07) is 8.10. The average molecular weight is 546 g/mol. The lowest BCUT2D eigenvalue weighted by molar-refractivity contribution is -0.141. The fourth-order valence-corrected chi connectivity index (χ4v) is 4.31. The maximum Gasteiger partial charge on any atom is 0.408 e. The highest BCUT2D eigenvalue weighted by Crippen LogP contribution is 2.31. The Labute approximate surface area is 230 Å². The largest absolute Gasteiger partial charge is 0.508 e. The van der Waals surface area contributed by atoms with Gasteiger partial charge in [0.15, 0.2) is 0 Å². The molecule has 3 amide bonds. The first kappa shape index (κ1) is 31.0. The molecule has 0 aliphatic rings. The van der Waals surface area contributed by atoms with Gasteiger partial charge in [0.2, 0.25) is 5.91 Å². The van der Waals surface area contributed by atoms with E-state index >= 15 is 0 Å². The van der Waals surface area contributed by atoms with Gasteiger partial charge in [-0.2, -0.15) is 0 Å². The molecule has 2 atom stereocenters. The van der Waals surface area contributed by atoms with Crippen LogP contribution in [0.5, 0.6) is 5.75 Å². The number of hydrogen-bond acceptors (Lipinski definition) is 5. The number of alkyl carbamates (subject to hydrolysis) is 1. The summed E-state index contributed by atoms with van der Waals surface area (Å²) in [5.74, 6) is -1.09. The van der Waals surface area contributed by atoms with Crippen LogP contribution < -0.4 is 10.6 Å². The Hall–Kier alpha value is -3.26. The molecular weight excluding hydrogens is 506 g/mol. The quantitative estimate of drug-likeness (QED) is 0.351. The van der Waals surface area contributed by atoms with Crippen molar-refractivity contribution in [3.05, 3.63) is 58.1 Å². The van der Waals surface area contributed by atoms with Crippen LogP contribution >= 0.6 is 11.6 Å². The maximum absolute atomic E-state index is 14.0. The first-order valence-corrected chi connectivity index (χ1v) is 13.2. The summed E-state index contributed by atoms with van der Waals surface area (Å²) in [7, 11) is 0. The lowest BCUT2D eigenvalue weighted by atomic mass is 9.97. The third-order valence-electron chi connectivity index (χ3n) is 5.92. The van der Waals surface area contributed by atoms with Gasteiger partial charge in [-0.25, -0.2) is 4.79 Å². The van der Waals surface area contributed by atoms with E-state index in [1.165, 1.54) is 11.0 Å². The number of anilines is 1. The second-order valence-corrected chi connectivity index (χ2v) is 11.2.